The highest BCUT2D eigenvalue weighted by Gasteiger charge is 2.25. The first-order valence-electron chi connectivity index (χ1n) is 6.25. The summed E-state index contributed by atoms with van der Waals surface area (Å²) in [5.74, 6) is -0.313. The summed E-state index contributed by atoms with van der Waals surface area (Å²) in [5.41, 5.74) is 0.448. The van der Waals surface area contributed by atoms with Gasteiger partial charge in [-0.15, -0.1) is 0 Å². The average Bonchev–Trinajstić information content (AvgIpc) is 2.31. The monoisotopic (exact) mass is 335 g/mol. The molecule has 0 spiro atoms. The second-order valence-electron chi connectivity index (χ2n) is 5.11. The molecule has 1 rings (SSSR count). The Labute approximate surface area is 122 Å². The van der Waals surface area contributed by atoms with Gasteiger partial charge in [-0.25, -0.2) is 4.39 Å². The van der Waals surface area contributed by atoms with Crippen molar-refractivity contribution in [1.82, 2.24) is 5.32 Å². The molecular formula is C14H20BrClFN. The molecule has 1 nitrogen and oxygen atoms in total. The van der Waals surface area contributed by atoms with Crippen molar-refractivity contribution in [3.05, 3.63) is 33.0 Å². The summed E-state index contributed by atoms with van der Waals surface area (Å²) >= 11 is 9.17. The minimum Gasteiger partial charge on any atom is -0.317 e. The standard InChI is InChI=1S/C14H20BrClFN/c1-4-8-18-9-7-14(2,3)10-5-6-11(15)12(16)13(10)17/h5-6,18H,4,7-9H2,1-3H3. The third-order valence-corrected chi connectivity index (χ3v) is 4.38. The fourth-order valence-corrected chi connectivity index (χ4v) is 2.36. The number of halogens is 3. The van der Waals surface area contributed by atoms with Gasteiger partial charge < -0.3 is 5.32 Å². The molecule has 0 aliphatic rings. The molecule has 0 aromatic heterocycles. The van der Waals surface area contributed by atoms with E-state index in [1.165, 1.54) is 0 Å². The maximum absolute atomic E-state index is 14.2. The van der Waals surface area contributed by atoms with Crippen LogP contribution in [-0.4, -0.2) is 13.1 Å². The summed E-state index contributed by atoms with van der Waals surface area (Å²) in [5, 5.41) is 3.51. The van der Waals surface area contributed by atoms with E-state index in [9.17, 15) is 4.39 Å². The van der Waals surface area contributed by atoms with Crippen LogP contribution in [0.15, 0.2) is 16.6 Å². The highest BCUT2D eigenvalue weighted by atomic mass is 79.9. The Morgan fingerprint density at radius 3 is 2.61 bits per heavy atom. The van der Waals surface area contributed by atoms with E-state index in [1.807, 2.05) is 26.0 Å². The van der Waals surface area contributed by atoms with Crippen molar-refractivity contribution >= 4 is 27.5 Å². The Hall–Kier alpha value is -0.120. The molecule has 0 bridgehead atoms. The molecule has 1 N–H and O–H groups in total. The van der Waals surface area contributed by atoms with Crippen molar-refractivity contribution in [3.8, 4) is 0 Å². The number of rotatable bonds is 6. The largest absolute Gasteiger partial charge is 0.317 e. The quantitative estimate of drug-likeness (QED) is 0.575. The van der Waals surface area contributed by atoms with Crippen LogP contribution in [-0.2, 0) is 5.41 Å². The van der Waals surface area contributed by atoms with E-state index in [2.05, 4.69) is 28.2 Å². The lowest BCUT2D eigenvalue weighted by Gasteiger charge is -2.26. The first-order chi connectivity index (χ1) is 8.40. The fraction of sp³-hybridized carbons (Fsp3) is 0.571. The number of hydrogen-bond donors (Lipinski definition) is 1. The van der Waals surface area contributed by atoms with Crippen molar-refractivity contribution in [3.63, 3.8) is 0 Å². The number of hydrogen-bond acceptors (Lipinski definition) is 1. The minimum absolute atomic E-state index is 0.169. The zero-order valence-electron chi connectivity index (χ0n) is 11.1. The minimum atomic E-state index is -0.313. The van der Waals surface area contributed by atoms with E-state index in [4.69, 9.17) is 11.6 Å². The molecule has 102 valence electrons. The van der Waals surface area contributed by atoms with Crippen LogP contribution < -0.4 is 5.32 Å². The molecule has 1 aromatic rings. The molecule has 0 amide bonds. The van der Waals surface area contributed by atoms with Gasteiger partial charge >= 0.3 is 0 Å². The fourth-order valence-electron chi connectivity index (χ4n) is 1.89. The SMILES string of the molecule is CCCNCCC(C)(C)c1ccc(Br)c(Cl)c1F. The second-order valence-corrected chi connectivity index (χ2v) is 6.34. The van der Waals surface area contributed by atoms with Crippen molar-refractivity contribution in [1.29, 1.82) is 0 Å². The molecule has 4 heteroatoms. The van der Waals surface area contributed by atoms with Gasteiger partial charge in [0.1, 0.15) is 5.82 Å². The van der Waals surface area contributed by atoms with E-state index in [1.54, 1.807) is 0 Å². The Kier molecular flexibility index (Phi) is 6.09. The molecule has 18 heavy (non-hydrogen) atoms. The number of benzene rings is 1. The maximum Gasteiger partial charge on any atom is 0.146 e. The summed E-state index contributed by atoms with van der Waals surface area (Å²) in [7, 11) is 0. The van der Waals surface area contributed by atoms with Crippen LogP contribution in [0.4, 0.5) is 4.39 Å². The first-order valence-corrected chi connectivity index (χ1v) is 7.42. The van der Waals surface area contributed by atoms with E-state index >= 15 is 0 Å². The molecule has 1 aromatic carbocycles. The molecular weight excluding hydrogens is 317 g/mol. The molecule has 0 aliphatic heterocycles. The predicted octanol–water partition coefficient (Wildman–Crippen LogP) is 4.91. The maximum atomic E-state index is 14.2. The first kappa shape index (κ1) is 15.9. The van der Waals surface area contributed by atoms with Crippen molar-refractivity contribution in [2.75, 3.05) is 13.1 Å². The van der Waals surface area contributed by atoms with Crippen LogP contribution in [0.2, 0.25) is 5.02 Å². The van der Waals surface area contributed by atoms with Gasteiger partial charge in [0, 0.05) is 4.47 Å². The van der Waals surface area contributed by atoms with Gasteiger partial charge in [0.15, 0.2) is 0 Å². The van der Waals surface area contributed by atoms with E-state index < -0.39 is 0 Å². The zero-order chi connectivity index (χ0) is 13.8. The predicted molar refractivity (Wildman–Crippen MR) is 79.9 cm³/mol. The van der Waals surface area contributed by atoms with Crippen LogP contribution in [0.1, 0.15) is 39.2 Å². The molecule has 0 atom stereocenters. The number of nitrogens with one attached hydrogen (secondary N) is 1. The topological polar surface area (TPSA) is 12.0 Å². The van der Waals surface area contributed by atoms with Crippen LogP contribution >= 0.6 is 27.5 Å². The lowest BCUT2D eigenvalue weighted by atomic mass is 9.81. The van der Waals surface area contributed by atoms with Gasteiger partial charge in [0.25, 0.3) is 0 Å². The van der Waals surface area contributed by atoms with Gasteiger partial charge in [-0.2, -0.15) is 0 Å². The van der Waals surface area contributed by atoms with Crippen molar-refractivity contribution < 1.29 is 4.39 Å². The highest BCUT2D eigenvalue weighted by Crippen LogP contribution is 2.35. The summed E-state index contributed by atoms with van der Waals surface area (Å²) in [6, 6.07) is 3.62. The van der Waals surface area contributed by atoms with E-state index in [0.717, 1.165) is 25.9 Å². The van der Waals surface area contributed by atoms with Crippen molar-refractivity contribution in [2.24, 2.45) is 0 Å². The van der Waals surface area contributed by atoms with Gasteiger partial charge in [0.2, 0.25) is 0 Å². The highest BCUT2D eigenvalue weighted by molar-refractivity contribution is 9.10. The molecule has 0 radical (unpaired) electrons. The molecule has 0 aliphatic carbocycles. The normalized spacial score (nSPS) is 11.9. The van der Waals surface area contributed by atoms with E-state index in [-0.39, 0.29) is 16.3 Å². The molecule has 0 saturated heterocycles. The van der Waals surface area contributed by atoms with Crippen LogP contribution in [0.3, 0.4) is 0 Å². The Bertz CT molecular complexity index is 407. The summed E-state index contributed by atoms with van der Waals surface area (Å²) < 4.78 is 14.8. The van der Waals surface area contributed by atoms with Crippen molar-refractivity contribution in [2.45, 2.75) is 39.0 Å². The average molecular weight is 337 g/mol. The smallest absolute Gasteiger partial charge is 0.146 e. The van der Waals surface area contributed by atoms with E-state index in [0.29, 0.717) is 10.0 Å². The van der Waals surface area contributed by atoms with Crippen LogP contribution in [0.5, 0.6) is 0 Å². The van der Waals surface area contributed by atoms with Crippen LogP contribution in [0.25, 0.3) is 0 Å². The molecule has 0 saturated carbocycles. The lowest BCUT2D eigenvalue weighted by molar-refractivity contribution is 0.434. The Morgan fingerprint density at radius 1 is 1.33 bits per heavy atom. The molecule has 0 heterocycles. The van der Waals surface area contributed by atoms with Crippen LogP contribution in [0, 0.1) is 5.82 Å². The van der Waals surface area contributed by atoms with Gasteiger partial charge in [-0.05, 0) is 58.9 Å². The Morgan fingerprint density at radius 2 is 2.00 bits per heavy atom. The van der Waals surface area contributed by atoms with Gasteiger partial charge in [0.05, 0.1) is 5.02 Å². The van der Waals surface area contributed by atoms with Gasteiger partial charge in [-0.3, -0.25) is 0 Å². The van der Waals surface area contributed by atoms with Gasteiger partial charge in [-0.1, -0.05) is 38.4 Å². The molecule has 0 fully saturated rings. The summed E-state index contributed by atoms with van der Waals surface area (Å²) in [6.07, 6.45) is 1.99. The Balaban J connectivity index is 2.81. The third-order valence-electron chi connectivity index (χ3n) is 3.12. The third kappa shape index (κ3) is 3.94. The summed E-state index contributed by atoms with van der Waals surface area (Å²) in [4.78, 5) is 0. The zero-order valence-corrected chi connectivity index (χ0v) is 13.5. The second kappa shape index (κ2) is 6.88. The summed E-state index contributed by atoms with van der Waals surface area (Å²) in [6.45, 7) is 8.10. The lowest BCUT2D eigenvalue weighted by Crippen LogP contribution is -2.26. The molecule has 0 unspecified atom stereocenters.